The number of benzene rings is 1. The molecule has 164 valence electrons. The zero-order chi connectivity index (χ0) is 22.1. The van der Waals surface area contributed by atoms with Crippen molar-refractivity contribution in [1.29, 1.82) is 0 Å². The van der Waals surface area contributed by atoms with Gasteiger partial charge in [-0.05, 0) is 37.3 Å². The molecule has 2 aromatic rings. The zero-order valence-electron chi connectivity index (χ0n) is 17.4. The fourth-order valence-corrected chi connectivity index (χ4v) is 4.24. The number of rotatable bonds is 6. The van der Waals surface area contributed by atoms with Gasteiger partial charge < -0.3 is 19.3 Å². The summed E-state index contributed by atoms with van der Waals surface area (Å²) in [5, 5.41) is 10.5. The van der Waals surface area contributed by atoms with E-state index in [1.54, 1.807) is 13.2 Å². The molecular formula is C21H24N4O5S. The number of fused-ring (bicyclic) bond motifs is 2. The van der Waals surface area contributed by atoms with Gasteiger partial charge in [-0.2, -0.15) is 0 Å². The number of nitrogens with one attached hydrogen (secondary N) is 1. The second-order valence-electron chi connectivity index (χ2n) is 7.35. The monoisotopic (exact) mass is 444 g/mol. The number of hydrogen-bond donors (Lipinski definition) is 2. The van der Waals surface area contributed by atoms with Crippen molar-refractivity contribution in [3.05, 3.63) is 50.5 Å². The number of hydrogen-bond acceptors (Lipinski definition) is 8. The third-order valence-corrected chi connectivity index (χ3v) is 5.89. The SMILES string of the molecule is C=CCn1c(O)c(C=NCC2c3c(cc4c(c3OC)OCO4)CCN2C)c(=O)[nH]c1=S. The first-order chi connectivity index (χ1) is 15.0. The van der Waals surface area contributed by atoms with Gasteiger partial charge in [-0.15, -0.1) is 6.58 Å². The van der Waals surface area contributed by atoms with E-state index >= 15 is 0 Å². The van der Waals surface area contributed by atoms with Gasteiger partial charge in [0.15, 0.2) is 16.3 Å². The predicted molar refractivity (Wildman–Crippen MR) is 118 cm³/mol. The summed E-state index contributed by atoms with van der Waals surface area (Å²) >= 11 is 5.11. The molecule has 1 unspecified atom stereocenters. The quantitative estimate of drug-likeness (QED) is 0.400. The summed E-state index contributed by atoms with van der Waals surface area (Å²) in [5.74, 6) is 1.70. The Hall–Kier alpha value is -3.11. The molecule has 0 amide bonds. The fraction of sp³-hybridized carbons (Fsp3) is 0.381. The van der Waals surface area contributed by atoms with Crippen LogP contribution in [0.4, 0.5) is 0 Å². The summed E-state index contributed by atoms with van der Waals surface area (Å²) in [6, 6.07) is 1.91. The largest absolute Gasteiger partial charge is 0.494 e. The van der Waals surface area contributed by atoms with E-state index in [1.807, 2.05) is 13.1 Å². The van der Waals surface area contributed by atoms with E-state index in [1.165, 1.54) is 10.8 Å². The van der Waals surface area contributed by atoms with Crippen LogP contribution in [0.25, 0.3) is 0 Å². The van der Waals surface area contributed by atoms with Crippen LogP contribution in [0.5, 0.6) is 23.1 Å². The van der Waals surface area contributed by atoms with E-state index in [2.05, 4.69) is 21.5 Å². The molecule has 1 atom stereocenters. The summed E-state index contributed by atoms with van der Waals surface area (Å²) in [7, 11) is 3.63. The Morgan fingerprint density at radius 3 is 3.03 bits per heavy atom. The Morgan fingerprint density at radius 2 is 2.29 bits per heavy atom. The second kappa shape index (κ2) is 8.56. The van der Waals surface area contributed by atoms with E-state index in [-0.39, 0.29) is 35.6 Å². The molecule has 0 saturated carbocycles. The van der Waals surface area contributed by atoms with Crippen molar-refractivity contribution >= 4 is 18.4 Å². The molecular weight excluding hydrogens is 420 g/mol. The summed E-state index contributed by atoms with van der Waals surface area (Å²) in [6.07, 6.45) is 3.81. The summed E-state index contributed by atoms with van der Waals surface area (Å²) in [4.78, 5) is 21.5. The lowest BCUT2D eigenvalue weighted by atomic mass is 9.91. The van der Waals surface area contributed by atoms with Gasteiger partial charge in [0.05, 0.1) is 19.7 Å². The van der Waals surface area contributed by atoms with E-state index in [9.17, 15) is 9.90 Å². The number of aliphatic imine (C=N–C) groups is 1. The molecule has 0 aliphatic carbocycles. The van der Waals surface area contributed by atoms with Crippen molar-refractivity contribution in [2.45, 2.75) is 19.0 Å². The van der Waals surface area contributed by atoms with Gasteiger partial charge in [0.2, 0.25) is 18.4 Å². The molecule has 4 rings (SSSR count). The van der Waals surface area contributed by atoms with Gasteiger partial charge in [0.1, 0.15) is 5.56 Å². The van der Waals surface area contributed by atoms with Crippen LogP contribution in [-0.4, -0.2) is 59.8 Å². The lowest BCUT2D eigenvalue weighted by Gasteiger charge is -2.35. The van der Waals surface area contributed by atoms with Crippen molar-refractivity contribution in [2.24, 2.45) is 4.99 Å². The number of ether oxygens (including phenoxy) is 3. The van der Waals surface area contributed by atoms with Gasteiger partial charge in [0, 0.05) is 24.9 Å². The lowest BCUT2D eigenvalue weighted by Crippen LogP contribution is -2.34. The van der Waals surface area contributed by atoms with Crippen LogP contribution in [0, 0.1) is 4.77 Å². The maximum Gasteiger partial charge on any atom is 0.264 e. The van der Waals surface area contributed by atoms with Crippen molar-refractivity contribution in [3.8, 4) is 23.1 Å². The average Bonchev–Trinajstić information content (AvgIpc) is 3.21. The maximum atomic E-state index is 12.3. The van der Waals surface area contributed by atoms with Gasteiger partial charge in [0.25, 0.3) is 5.56 Å². The second-order valence-corrected chi connectivity index (χ2v) is 7.74. The molecule has 0 spiro atoms. The highest BCUT2D eigenvalue weighted by molar-refractivity contribution is 7.71. The highest BCUT2D eigenvalue weighted by Crippen LogP contribution is 2.49. The molecule has 31 heavy (non-hydrogen) atoms. The first kappa shape index (κ1) is 21.1. The van der Waals surface area contributed by atoms with Crippen LogP contribution in [0.2, 0.25) is 0 Å². The third-order valence-electron chi connectivity index (χ3n) is 5.56. The van der Waals surface area contributed by atoms with E-state index in [0.717, 1.165) is 24.1 Å². The minimum absolute atomic E-state index is 0.0480. The number of likely N-dealkylation sites (N-methyl/N-ethyl adjacent to an activating group) is 1. The van der Waals surface area contributed by atoms with Gasteiger partial charge in [-0.25, -0.2) is 0 Å². The molecule has 2 aliphatic rings. The smallest absolute Gasteiger partial charge is 0.264 e. The first-order valence-corrected chi connectivity index (χ1v) is 10.2. The van der Waals surface area contributed by atoms with Crippen LogP contribution in [-0.2, 0) is 13.0 Å². The highest BCUT2D eigenvalue weighted by Gasteiger charge is 2.33. The molecule has 1 aromatic heterocycles. The Kier molecular flexibility index (Phi) is 5.84. The zero-order valence-corrected chi connectivity index (χ0v) is 18.2. The van der Waals surface area contributed by atoms with Crippen molar-refractivity contribution < 1.29 is 19.3 Å². The van der Waals surface area contributed by atoms with E-state index in [4.69, 9.17) is 26.4 Å². The van der Waals surface area contributed by atoms with Crippen molar-refractivity contribution in [3.63, 3.8) is 0 Å². The summed E-state index contributed by atoms with van der Waals surface area (Å²) in [5.41, 5.74) is 1.68. The standard InChI is InChI=1S/C21H24N4O5S/c1-4-6-25-20(27)13(19(26)23-21(25)31)9-22-10-14-16-12(5-7-24(14)2)8-15-17(18(16)28-3)30-11-29-15/h4,8-9,14,27H,1,5-7,10-11H2,2-3H3,(H,23,26,31). The predicted octanol–water partition coefficient (Wildman–Crippen LogP) is 2.18. The Labute approximate surface area is 184 Å². The van der Waals surface area contributed by atoms with Gasteiger partial charge in [-0.1, -0.05) is 6.08 Å². The number of aromatic hydroxyl groups is 1. The molecule has 0 fully saturated rings. The summed E-state index contributed by atoms with van der Waals surface area (Å²) < 4.78 is 18.4. The van der Waals surface area contributed by atoms with Crippen molar-refractivity contribution in [2.75, 3.05) is 34.0 Å². The molecule has 10 heteroatoms. The topological polar surface area (TPSA) is 101 Å². The maximum absolute atomic E-state index is 12.3. The molecule has 3 heterocycles. The molecule has 9 nitrogen and oxygen atoms in total. The van der Waals surface area contributed by atoms with Crippen LogP contribution < -0.4 is 19.8 Å². The van der Waals surface area contributed by atoms with Crippen LogP contribution in [0.15, 0.2) is 28.5 Å². The van der Waals surface area contributed by atoms with Crippen LogP contribution in [0.1, 0.15) is 22.7 Å². The number of allylic oxidation sites excluding steroid dienone is 1. The van der Waals surface area contributed by atoms with Gasteiger partial charge in [-0.3, -0.25) is 24.2 Å². The van der Waals surface area contributed by atoms with Crippen molar-refractivity contribution in [1.82, 2.24) is 14.5 Å². The number of aromatic amines is 1. The fourth-order valence-electron chi connectivity index (χ4n) is 3.99. The normalized spacial score (nSPS) is 17.7. The number of methoxy groups -OCH3 is 1. The summed E-state index contributed by atoms with van der Waals surface area (Å²) in [6.45, 7) is 5.27. The molecule has 0 bridgehead atoms. The Bertz CT molecular complexity index is 1170. The molecule has 2 N–H and O–H groups in total. The minimum atomic E-state index is -0.495. The number of aromatic nitrogens is 2. The molecule has 2 aliphatic heterocycles. The van der Waals surface area contributed by atoms with Crippen LogP contribution >= 0.6 is 12.2 Å². The highest BCUT2D eigenvalue weighted by atomic mass is 32.1. The van der Waals surface area contributed by atoms with Gasteiger partial charge >= 0.3 is 0 Å². The third kappa shape index (κ3) is 3.72. The number of H-pyrrole nitrogens is 1. The Morgan fingerprint density at radius 1 is 1.48 bits per heavy atom. The van der Waals surface area contributed by atoms with Crippen LogP contribution in [0.3, 0.4) is 0 Å². The molecule has 0 radical (unpaired) electrons. The Balaban J connectivity index is 1.69. The average molecular weight is 445 g/mol. The first-order valence-electron chi connectivity index (χ1n) is 9.82. The molecule has 0 saturated heterocycles. The minimum Gasteiger partial charge on any atom is -0.494 e. The lowest BCUT2D eigenvalue weighted by molar-refractivity contribution is 0.170. The number of nitrogens with zero attached hydrogens (tertiary/aromatic N) is 3. The van der Waals surface area contributed by atoms with E-state index in [0.29, 0.717) is 23.8 Å². The molecule has 1 aromatic carbocycles. The van der Waals surface area contributed by atoms with E-state index < -0.39 is 5.56 Å².